The van der Waals surface area contributed by atoms with Crippen molar-refractivity contribution in [1.29, 1.82) is 0 Å². The molecule has 2 N–H and O–H groups in total. The number of benzene rings is 1. The summed E-state index contributed by atoms with van der Waals surface area (Å²) < 4.78 is 38.2. The van der Waals surface area contributed by atoms with E-state index in [1.807, 2.05) is 25.1 Å². The van der Waals surface area contributed by atoms with Crippen LogP contribution in [0.2, 0.25) is 0 Å². The Kier molecular flexibility index (Phi) is 4.95. The van der Waals surface area contributed by atoms with Crippen LogP contribution in [0.15, 0.2) is 50.9 Å². The van der Waals surface area contributed by atoms with E-state index in [1.165, 1.54) is 17.8 Å². The zero-order valence-electron chi connectivity index (χ0n) is 11.0. The predicted octanol–water partition coefficient (Wildman–Crippen LogP) is 5.03. The molecule has 0 saturated heterocycles. The number of hydrogen-bond donors (Lipinski definition) is 1. The summed E-state index contributed by atoms with van der Waals surface area (Å²) in [5.41, 5.74) is 6.02. The molecular weight excluding hydrogens is 365 g/mol. The zero-order chi connectivity index (χ0) is 15.6. The molecule has 2 rings (SSSR count). The van der Waals surface area contributed by atoms with Crippen LogP contribution < -0.4 is 5.73 Å². The van der Waals surface area contributed by atoms with E-state index in [0.717, 1.165) is 27.2 Å². The van der Waals surface area contributed by atoms with E-state index in [4.69, 9.17) is 5.73 Å². The van der Waals surface area contributed by atoms with Gasteiger partial charge in [0.05, 0.1) is 5.56 Å². The summed E-state index contributed by atoms with van der Waals surface area (Å²) >= 11 is 4.72. The van der Waals surface area contributed by atoms with Crippen LogP contribution in [0.4, 0.5) is 13.2 Å². The van der Waals surface area contributed by atoms with Gasteiger partial charge in [-0.25, -0.2) is 4.98 Å². The second kappa shape index (κ2) is 6.37. The van der Waals surface area contributed by atoms with Gasteiger partial charge in [0.25, 0.3) is 0 Å². The average Bonchev–Trinajstić information content (AvgIpc) is 2.40. The van der Waals surface area contributed by atoms with Crippen LogP contribution in [0.3, 0.4) is 0 Å². The van der Waals surface area contributed by atoms with Crippen molar-refractivity contribution in [2.45, 2.75) is 29.1 Å². The number of nitrogens with two attached hydrogens (primary N) is 1. The van der Waals surface area contributed by atoms with Gasteiger partial charge in [-0.2, -0.15) is 13.2 Å². The molecule has 1 aromatic heterocycles. The Balaban J connectivity index is 2.19. The van der Waals surface area contributed by atoms with E-state index < -0.39 is 11.7 Å². The average molecular weight is 377 g/mol. The molecule has 0 unspecified atom stereocenters. The highest BCUT2D eigenvalue weighted by atomic mass is 79.9. The number of nitrogens with zero attached hydrogens (tertiary/aromatic N) is 1. The minimum absolute atomic E-state index is 0.0791. The van der Waals surface area contributed by atoms with Crippen LogP contribution in [-0.4, -0.2) is 4.98 Å². The second-order valence-electron chi connectivity index (χ2n) is 4.46. The molecule has 2 nitrogen and oxygen atoms in total. The molecule has 1 heterocycles. The lowest BCUT2D eigenvalue weighted by molar-refractivity contribution is -0.137. The molecule has 2 aromatic rings. The van der Waals surface area contributed by atoms with Crippen LogP contribution in [0.5, 0.6) is 0 Å². The van der Waals surface area contributed by atoms with Crippen molar-refractivity contribution in [2.75, 3.05) is 0 Å². The topological polar surface area (TPSA) is 38.9 Å². The predicted molar refractivity (Wildman–Crippen MR) is 80.1 cm³/mol. The van der Waals surface area contributed by atoms with Crippen molar-refractivity contribution < 1.29 is 13.2 Å². The van der Waals surface area contributed by atoms with Gasteiger partial charge in [-0.15, -0.1) is 0 Å². The van der Waals surface area contributed by atoms with E-state index in [-0.39, 0.29) is 6.04 Å². The fraction of sp³-hybridized carbons (Fsp3) is 0.214. The fourth-order valence-corrected chi connectivity index (χ4v) is 3.00. The molecule has 21 heavy (non-hydrogen) atoms. The third-order valence-electron chi connectivity index (χ3n) is 2.76. The first-order valence-corrected chi connectivity index (χ1v) is 7.64. The van der Waals surface area contributed by atoms with Crippen molar-refractivity contribution in [3.63, 3.8) is 0 Å². The highest BCUT2D eigenvalue weighted by Crippen LogP contribution is 2.35. The van der Waals surface area contributed by atoms with Crippen molar-refractivity contribution >= 4 is 27.7 Å². The molecule has 112 valence electrons. The van der Waals surface area contributed by atoms with Gasteiger partial charge in [-0.1, -0.05) is 17.8 Å². The highest BCUT2D eigenvalue weighted by Gasteiger charge is 2.30. The Hall–Kier alpha value is -1.05. The molecule has 0 aliphatic heterocycles. The SMILES string of the molecule is C[C@@H](N)c1ccc(Sc2ccc(C(F)(F)F)cn2)c(Br)c1. The minimum Gasteiger partial charge on any atom is -0.324 e. The van der Waals surface area contributed by atoms with Gasteiger partial charge >= 0.3 is 6.18 Å². The van der Waals surface area contributed by atoms with Crippen LogP contribution in [0, 0.1) is 0 Å². The normalized spacial score (nSPS) is 13.2. The van der Waals surface area contributed by atoms with Gasteiger partial charge in [0.15, 0.2) is 0 Å². The minimum atomic E-state index is -4.37. The van der Waals surface area contributed by atoms with Crippen molar-refractivity contribution in [3.8, 4) is 0 Å². The Morgan fingerprint density at radius 3 is 2.43 bits per heavy atom. The summed E-state index contributed by atoms with van der Waals surface area (Å²) in [7, 11) is 0. The lowest BCUT2D eigenvalue weighted by atomic mass is 10.1. The van der Waals surface area contributed by atoms with E-state index in [9.17, 15) is 13.2 Å². The number of rotatable bonds is 3. The van der Waals surface area contributed by atoms with Crippen LogP contribution in [0.25, 0.3) is 0 Å². The van der Waals surface area contributed by atoms with Gasteiger partial charge in [-0.3, -0.25) is 0 Å². The fourth-order valence-electron chi connectivity index (χ4n) is 1.60. The molecule has 0 amide bonds. The van der Waals surface area contributed by atoms with Gasteiger partial charge in [-0.05, 0) is 52.7 Å². The molecule has 0 saturated carbocycles. The number of halogens is 4. The summed E-state index contributed by atoms with van der Waals surface area (Å²) in [5, 5.41) is 0.497. The van der Waals surface area contributed by atoms with Crippen molar-refractivity contribution in [3.05, 3.63) is 52.1 Å². The van der Waals surface area contributed by atoms with Gasteiger partial charge in [0.2, 0.25) is 0 Å². The number of alkyl halides is 3. The van der Waals surface area contributed by atoms with E-state index in [2.05, 4.69) is 20.9 Å². The van der Waals surface area contributed by atoms with Crippen LogP contribution >= 0.6 is 27.7 Å². The molecule has 0 fully saturated rings. The first-order chi connectivity index (χ1) is 9.77. The quantitative estimate of drug-likeness (QED) is 0.815. The Morgan fingerprint density at radius 2 is 1.95 bits per heavy atom. The number of pyridine rings is 1. The molecule has 7 heteroatoms. The monoisotopic (exact) mass is 376 g/mol. The Labute approximate surface area is 133 Å². The smallest absolute Gasteiger partial charge is 0.324 e. The molecule has 0 spiro atoms. The summed E-state index contributed by atoms with van der Waals surface area (Å²) in [6.45, 7) is 1.88. The third-order valence-corrected chi connectivity index (χ3v) is 4.70. The molecule has 0 radical (unpaired) electrons. The lowest BCUT2D eigenvalue weighted by Gasteiger charge is -2.10. The first kappa shape index (κ1) is 16.3. The summed E-state index contributed by atoms with van der Waals surface area (Å²) in [5.74, 6) is 0. The Bertz CT molecular complexity index is 627. The van der Waals surface area contributed by atoms with Crippen LogP contribution in [-0.2, 0) is 6.18 Å². The van der Waals surface area contributed by atoms with Gasteiger partial charge < -0.3 is 5.73 Å². The first-order valence-electron chi connectivity index (χ1n) is 6.03. The summed E-state index contributed by atoms with van der Waals surface area (Å²) in [6.07, 6.45) is -3.53. The molecule has 1 aromatic carbocycles. The summed E-state index contributed by atoms with van der Waals surface area (Å²) in [4.78, 5) is 4.70. The number of hydrogen-bond acceptors (Lipinski definition) is 3. The zero-order valence-corrected chi connectivity index (χ0v) is 13.4. The highest BCUT2D eigenvalue weighted by molar-refractivity contribution is 9.10. The molecule has 0 aliphatic carbocycles. The number of aromatic nitrogens is 1. The van der Waals surface area contributed by atoms with Crippen LogP contribution in [0.1, 0.15) is 24.1 Å². The standard InChI is InChI=1S/C14H12BrF3N2S/c1-8(19)9-2-4-12(11(15)6-9)21-13-5-3-10(7-20-13)14(16,17)18/h2-8H,19H2,1H3/t8-/m1/s1. The van der Waals surface area contributed by atoms with E-state index in [1.54, 1.807) is 0 Å². The van der Waals surface area contributed by atoms with Gasteiger partial charge in [0.1, 0.15) is 5.03 Å². The second-order valence-corrected chi connectivity index (χ2v) is 6.38. The Morgan fingerprint density at radius 1 is 1.24 bits per heavy atom. The van der Waals surface area contributed by atoms with Gasteiger partial charge in [0, 0.05) is 21.6 Å². The maximum absolute atomic E-state index is 12.5. The molecule has 0 aliphatic rings. The van der Waals surface area contributed by atoms with Crippen molar-refractivity contribution in [2.24, 2.45) is 5.73 Å². The molecule has 0 bridgehead atoms. The van der Waals surface area contributed by atoms with E-state index in [0.29, 0.717) is 5.03 Å². The maximum Gasteiger partial charge on any atom is 0.417 e. The molecule has 1 atom stereocenters. The largest absolute Gasteiger partial charge is 0.417 e. The lowest BCUT2D eigenvalue weighted by Crippen LogP contribution is -2.05. The molecular formula is C14H12BrF3N2S. The maximum atomic E-state index is 12.5. The van der Waals surface area contributed by atoms with E-state index >= 15 is 0 Å². The van der Waals surface area contributed by atoms with Crippen molar-refractivity contribution in [1.82, 2.24) is 4.98 Å². The summed E-state index contributed by atoms with van der Waals surface area (Å²) in [6, 6.07) is 7.97. The third kappa shape index (κ3) is 4.21.